The highest BCUT2D eigenvalue weighted by Gasteiger charge is 2.36. The van der Waals surface area contributed by atoms with Crippen molar-refractivity contribution in [3.8, 4) is 0 Å². The Morgan fingerprint density at radius 1 is 1.37 bits per heavy atom. The highest BCUT2D eigenvalue weighted by atomic mass is 16.3. The molecule has 4 nitrogen and oxygen atoms in total. The lowest BCUT2D eigenvalue weighted by atomic mass is 9.91. The Hall–Kier alpha value is -0.870. The highest BCUT2D eigenvalue weighted by Crippen LogP contribution is 2.26. The molecule has 1 aliphatic heterocycles. The van der Waals surface area contributed by atoms with Gasteiger partial charge in [-0.05, 0) is 59.7 Å². The standard InChI is InChI=1S/C15H27N3O/c1-5-18-13(10-12(2)16-18)11-14(19)15(3,4)17-8-6-7-9-17/h10,14,19H,5-9,11H2,1-4H3. The van der Waals surface area contributed by atoms with Crippen molar-refractivity contribution in [2.45, 2.75) is 65.1 Å². The molecule has 0 aliphatic carbocycles. The summed E-state index contributed by atoms with van der Waals surface area (Å²) in [6, 6.07) is 2.09. The molecule has 1 saturated heterocycles. The number of aromatic nitrogens is 2. The molecule has 1 unspecified atom stereocenters. The van der Waals surface area contributed by atoms with Crippen LogP contribution in [0.3, 0.4) is 0 Å². The van der Waals surface area contributed by atoms with E-state index in [9.17, 15) is 5.11 Å². The Labute approximate surface area is 116 Å². The molecular weight excluding hydrogens is 238 g/mol. The van der Waals surface area contributed by atoms with Gasteiger partial charge in [0.2, 0.25) is 0 Å². The number of aliphatic hydroxyl groups is 1. The predicted molar refractivity (Wildman–Crippen MR) is 77.2 cm³/mol. The van der Waals surface area contributed by atoms with Crippen molar-refractivity contribution in [2.75, 3.05) is 13.1 Å². The highest BCUT2D eigenvalue weighted by molar-refractivity contribution is 5.11. The molecule has 0 bridgehead atoms. The summed E-state index contributed by atoms with van der Waals surface area (Å²) >= 11 is 0. The zero-order valence-corrected chi connectivity index (χ0v) is 12.7. The summed E-state index contributed by atoms with van der Waals surface area (Å²) in [7, 11) is 0. The molecule has 1 aromatic rings. The van der Waals surface area contributed by atoms with Crippen LogP contribution in [0.4, 0.5) is 0 Å². The second-order valence-electron chi connectivity index (χ2n) is 6.16. The Bertz CT molecular complexity index is 419. The number of hydrogen-bond acceptors (Lipinski definition) is 3. The van der Waals surface area contributed by atoms with E-state index in [4.69, 9.17) is 0 Å². The summed E-state index contributed by atoms with van der Waals surface area (Å²) in [6.45, 7) is 11.5. The summed E-state index contributed by atoms with van der Waals surface area (Å²) in [6.07, 6.45) is 2.83. The third-order valence-electron chi connectivity index (χ3n) is 4.42. The van der Waals surface area contributed by atoms with Crippen LogP contribution in [0.1, 0.15) is 45.0 Å². The zero-order valence-electron chi connectivity index (χ0n) is 12.7. The van der Waals surface area contributed by atoms with Gasteiger partial charge >= 0.3 is 0 Å². The smallest absolute Gasteiger partial charge is 0.0773 e. The summed E-state index contributed by atoms with van der Waals surface area (Å²) in [5, 5.41) is 15.1. The van der Waals surface area contributed by atoms with E-state index in [-0.39, 0.29) is 11.6 Å². The van der Waals surface area contributed by atoms with Gasteiger partial charge in [0, 0.05) is 24.2 Å². The molecule has 1 N–H and O–H groups in total. The van der Waals surface area contributed by atoms with Gasteiger partial charge in [0.25, 0.3) is 0 Å². The van der Waals surface area contributed by atoms with Gasteiger partial charge in [-0.1, -0.05) is 0 Å². The van der Waals surface area contributed by atoms with Crippen LogP contribution in [0.2, 0.25) is 0 Å². The Morgan fingerprint density at radius 3 is 2.58 bits per heavy atom. The normalized spacial score (nSPS) is 19.0. The molecule has 108 valence electrons. The third-order valence-corrected chi connectivity index (χ3v) is 4.42. The lowest BCUT2D eigenvalue weighted by Gasteiger charge is -2.39. The maximum absolute atomic E-state index is 10.6. The molecule has 2 rings (SSSR count). The van der Waals surface area contributed by atoms with Crippen molar-refractivity contribution < 1.29 is 5.11 Å². The fraction of sp³-hybridized carbons (Fsp3) is 0.800. The van der Waals surface area contributed by atoms with E-state index in [1.807, 2.05) is 11.6 Å². The molecular formula is C15H27N3O. The first kappa shape index (κ1) is 14.5. The van der Waals surface area contributed by atoms with Crippen LogP contribution in [0.25, 0.3) is 0 Å². The molecule has 0 radical (unpaired) electrons. The van der Waals surface area contributed by atoms with Crippen molar-refractivity contribution in [3.05, 3.63) is 17.5 Å². The number of likely N-dealkylation sites (tertiary alicyclic amines) is 1. The van der Waals surface area contributed by atoms with E-state index in [1.54, 1.807) is 0 Å². The first-order valence-electron chi connectivity index (χ1n) is 7.41. The van der Waals surface area contributed by atoms with Crippen molar-refractivity contribution in [1.82, 2.24) is 14.7 Å². The summed E-state index contributed by atoms with van der Waals surface area (Å²) in [5.41, 5.74) is 2.01. The number of rotatable bonds is 5. The Kier molecular flexibility index (Phi) is 4.31. The summed E-state index contributed by atoms with van der Waals surface area (Å²) < 4.78 is 2.00. The third kappa shape index (κ3) is 3.00. The average Bonchev–Trinajstić information content (AvgIpc) is 2.98. The maximum Gasteiger partial charge on any atom is 0.0773 e. The molecule has 1 atom stereocenters. The van der Waals surface area contributed by atoms with Crippen molar-refractivity contribution >= 4 is 0 Å². The van der Waals surface area contributed by atoms with Crippen LogP contribution < -0.4 is 0 Å². The van der Waals surface area contributed by atoms with Gasteiger partial charge in [-0.25, -0.2) is 0 Å². The summed E-state index contributed by atoms with van der Waals surface area (Å²) in [4.78, 5) is 2.41. The lowest BCUT2D eigenvalue weighted by Crippen LogP contribution is -2.52. The SMILES string of the molecule is CCn1nc(C)cc1CC(O)C(C)(C)N1CCCC1. The largest absolute Gasteiger partial charge is 0.391 e. The van der Waals surface area contributed by atoms with E-state index in [1.165, 1.54) is 12.8 Å². The van der Waals surface area contributed by atoms with Crippen molar-refractivity contribution in [1.29, 1.82) is 0 Å². The fourth-order valence-corrected chi connectivity index (χ4v) is 2.99. The van der Waals surface area contributed by atoms with Crippen LogP contribution in [0, 0.1) is 6.92 Å². The number of aliphatic hydroxyl groups excluding tert-OH is 1. The van der Waals surface area contributed by atoms with E-state index in [0.717, 1.165) is 31.0 Å². The molecule has 1 fully saturated rings. The molecule has 1 aliphatic rings. The van der Waals surface area contributed by atoms with Crippen LogP contribution in [0.15, 0.2) is 6.07 Å². The van der Waals surface area contributed by atoms with Gasteiger partial charge in [0.1, 0.15) is 0 Å². The van der Waals surface area contributed by atoms with Gasteiger partial charge in [-0.3, -0.25) is 9.58 Å². The molecule has 1 aromatic heterocycles. The number of hydrogen-bond donors (Lipinski definition) is 1. The minimum atomic E-state index is -0.355. The second kappa shape index (κ2) is 5.63. The minimum absolute atomic E-state index is 0.159. The topological polar surface area (TPSA) is 41.3 Å². The van der Waals surface area contributed by atoms with Gasteiger partial charge in [0.15, 0.2) is 0 Å². The molecule has 0 spiro atoms. The van der Waals surface area contributed by atoms with Crippen molar-refractivity contribution in [3.63, 3.8) is 0 Å². The van der Waals surface area contributed by atoms with E-state index in [0.29, 0.717) is 6.42 Å². The van der Waals surface area contributed by atoms with Gasteiger partial charge in [-0.2, -0.15) is 5.10 Å². The maximum atomic E-state index is 10.6. The predicted octanol–water partition coefficient (Wildman–Crippen LogP) is 1.99. The van der Waals surface area contributed by atoms with Crippen molar-refractivity contribution in [2.24, 2.45) is 0 Å². The molecule has 4 heteroatoms. The van der Waals surface area contributed by atoms with Crippen LogP contribution >= 0.6 is 0 Å². The van der Waals surface area contributed by atoms with Gasteiger partial charge in [-0.15, -0.1) is 0 Å². The van der Waals surface area contributed by atoms with Crippen LogP contribution in [-0.2, 0) is 13.0 Å². The number of aryl methyl sites for hydroxylation is 2. The van der Waals surface area contributed by atoms with E-state index < -0.39 is 0 Å². The molecule has 0 aromatic carbocycles. The van der Waals surface area contributed by atoms with Gasteiger partial charge < -0.3 is 5.11 Å². The first-order valence-corrected chi connectivity index (χ1v) is 7.41. The molecule has 0 saturated carbocycles. The summed E-state index contributed by atoms with van der Waals surface area (Å²) in [5.74, 6) is 0. The second-order valence-corrected chi connectivity index (χ2v) is 6.16. The zero-order chi connectivity index (χ0) is 14.0. The first-order chi connectivity index (χ1) is 8.95. The monoisotopic (exact) mass is 265 g/mol. The quantitative estimate of drug-likeness (QED) is 0.885. The average molecular weight is 265 g/mol. The van der Waals surface area contributed by atoms with Crippen LogP contribution in [0.5, 0.6) is 0 Å². The van der Waals surface area contributed by atoms with E-state index in [2.05, 4.69) is 36.8 Å². The molecule has 0 amide bonds. The van der Waals surface area contributed by atoms with E-state index >= 15 is 0 Å². The lowest BCUT2D eigenvalue weighted by molar-refractivity contribution is 0.00230. The number of nitrogens with zero attached hydrogens (tertiary/aromatic N) is 3. The minimum Gasteiger partial charge on any atom is -0.391 e. The Balaban J connectivity index is 2.08. The molecule has 19 heavy (non-hydrogen) atoms. The van der Waals surface area contributed by atoms with Gasteiger partial charge in [0.05, 0.1) is 11.8 Å². The molecule has 2 heterocycles. The van der Waals surface area contributed by atoms with Crippen LogP contribution in [-0.4, -0.2) is 44.5 Å². The Morgan fingerprint density at radius 2 is 2.00 bits per heavy atom. The fourth-order valence-electron chi connectivity index (χ4n) is 2.99.